The third kappa shape index (κ3) is 3.79. The summed E-state index contributed by atoms with van der Waals surface area (Å²) in [5.41, 5.74) is 2.90. The van der Waals surface area contributed by atoms with E-state index in [0.29, 0.717) is 33.7 Å². The third-order valence-corrected chi connectivity index (χ3v) is 5.69. The first-order valence-corrected chi connectivity index (χ1v) is 10.7. The lowest BCUT2D eigenvalue weighted by Gasteiger charge is -2.10. The highest BCUT2D eigenvalue weighted by atomic mass is 19.4. The minimum Gasteiger partial charge on any atom is -0.350 e. The minimum atomic E-state index is -4.51. The molecule has 5 heterocycles. The van der Waals surface area contributed by atoms with Gasteiger partial charge in [-0.2, -0.15) is 18.3 Å². The van der Waals surface area contributed by atoms with Crippen molar-refractivity contribution >= 4 is 22.8 Å². The van der Waals surface area contributed by atoms with Crippen LogP contribution < -0.4 is 5.32 Å². The average molecular weight is 493 g/mol. The number of hydrogen-bond donors (Lipinski definition) is 3. The Morgan fingerprint density at radius 3 is 2.69 bits per heavy atom. The maximum atomic E-state index is 15.0. The smallest absolute Gasteiger partial charge is 0.350 e. The molecule has 5 aromatic heterocycles. The van der Waals surface area contributed by atoms with E-state index < -0.39 is 17.6 Å². The Morgan fingerprint density at radius 2 is 1.92 bits per heavy atom. The number of hydrogen-bond acceptors (Lipinski definition) is 6. The average Bonchev–Trinajstić information content (AvgIpc) is 3.61. The molecule has 9 nitrogen and oxygen atoms in total. The summed E-state index contributed by atoms with van der Waals surface area (Å²) in [6.07, 6.45) is 1.30. The Labute approximate surface area is 199 Å². The Morgan fingerprint density at radius 1 is 1.03 bits per heavy atom. The number of anilines is 1. The summed E-state index contributed by atoms with van der Waals surface area (Å²) < 4.78 is 55.4. The van der Waals surface area contributed by atoms with Crippen molar-refractivity contribution in [2.45, 2.75) is 12.7 Å². The number of H-pyrrole nitrogens is 2. The molecule has 0 aliphatic rings. The van der Waals surface area contributed by atoms with Gasteiger partial charge in [-0.05, 0) is 29.8 Å². The summed E-state index contributed by atoms with van der Waals surface area (Å²) in [4.78, 5) is 12.0. The number of nitrogens with one attached hydrogen (secondary N) is 3. The van der Waals surface area contributed by atoms with E-state index in [2.05, 4.69) is 40.7 Å². The van der Waals surface area contributed by atoms with Crippen LogP contribution in [0.5, 0.6) is 0 Å². The van der Waals surface area contributed by atoms with E-state index in [4.69, 9.17) is 0 Å². The number of benzene rings is 1. The van der Waals surface area contributed by atoms with Crippen molar-refractivity contribution in [2.24, 2.45) is 0 Å². The van der Waals surface area contributed by atoms with Gasteiger partial charge in [-0.3, -0.25) is 9.50 Å². The molecule has 180 valence electrons. The van der Waals surface area contributed by atoms with Gasteiger partial charge in [0.2, 0.25) is 5.95 Å². The van der Waals surface area contributed by atoms with E-state index in [1.165, 1.54) is 16.5 Å². The van der Waals surface area contributed by atoms with Crippen LogP contribution >= 0.6 is 0 Å². The van der Waals surface area contributed by atoms with Crippen LogP contribution in [0.2, 0.25) is 0 Å². The topological polar surface area (TPSA) is 112 Å². The van der Waals surface area contributed by atoms with Crippen molar-refractivity contribution in [3.8, 4) is 22.5 Å². The van der Waals surface area contributed by atoms with E-state index in [1.54, 1.807) is 36.8 Å². The molecular weight excluding hydrogens is 478 g/mol. The SMILES string of the molecule is Fc1cc(-c2ccnc3nc(-c4cn[nH]c4)[nH]c23)ccc1CNc1nnc2ccc(C(F)(F)F)cn12. The van der Waals surface area contributed by atoms with Crippen LogP contribution in [0.25, 0.3) is 39.3 Å². The second-order valence-corrected chi connectivity index (χ2v) is 7.96. The first-order chi connectivity index (χ1) is 17.4. The number of pyridine rings is 2. The second kappa shape index (κ2) is 8.15. The van der Waals surface area contributed by atoms with E-state index in [9.17, 15) is 13.2 Å². The molecule has 6 rings (SSSR count). The van der Waals surface area contributed by atoms with Gasteiger partial charge in [-0.15, -0.1) is 10.2 Å². The van der Waals surface area contributed by atoms with Gasteiger partial charge < -0.3 is 10.3 Å². The highest BCUT2D eigenvalue weighted by Gasteiger charge is 2.31. The first kappa shape index (κ1) is 21.7. The number of imidazole rings is 1. The molecule has 6 aromatic rings. The van der Waals surface area contributed by atoms with Crippen LogP contribution in [0, 0.1) is 5.82 Å². The predicted molar refractivity (Wildman–Crippen MR) is 122 cm³/mol. The van der Waals surface area contributed by atoms with Gasteiger partial charge >= 0.3 is 6.18 Å². The fourth-order valence-corrected chi connectivity index (χ4v) is 3.88. The fourth-order valence-electron chi connectivity index (χ4n) is 3.88. The summed E-state index contributed by atoms with van der Waals surface area (Å²) in [7, 11) is 0. The van der Waals surface area contributed by atoms with Gasteiger partial charge in [0.15, 0.2) is 11.3 Å². The number of alkyl halides is 3. The number of fused-ring (bicyclic) bond motifs is 2. The van der Waals surface area contributed by atoms with E-state index in [-0.39, 0.29) is 18.1 Å². The van der Waals surface area contributed by atoms with Crippen LogP contribution in [-0.2, 0) is 12.7 Å². The fraction of sp³-hybridized carbons (Fsp3) is 0.0870. The summed E-state index contributed by atoms with van der Waals surface area (Å²) in [5, 5.41) is 17.2. The summed E-state index contributed by atoms with van der Waals surface area (Å²) in [5.74, 6) is 0.151. The molecule has 36 heavy (non-hydrogen) atoms. The van der Waals surface area contributed by atoms with Crippen LogP contribution in [0.4, 0.5) is 23.5 Å². The predicted octanol–water partition coefficient (Wildman–Crippen LogP) is 4.83. The number of aromatic nitrogens is 8. The van der Waals surface area contributed by atoms with Crippen LogP contribution in [-0.4, -0.2) is 39.7 Å². The lowest BCUT2D eigenvalue weighted by molar-refractivity contribution is -0.137. The Balaban J connectivity index is 1.27. The molecule has 0 atom stereocenters. The molecule has 0 spiro atoms. The highest BCUT2D eigenvalue weighted by molar-refractivity contribution is 5.91. The van der Waals surface area contributed by atoms with Gasteiger partial charge in [-0.25, -0.2) is 14.4 Å². The monoisotopic (exact) mass is 493 g/mol. The molecule has 0 saturated carbocycles. The summed E-state index contributed by atoms with van der Waals surface area (Å²) >= 11 is 0. The van der Waals surface area contributed by atoms with E-state index in [0.717, 1.165) is 17.8 Å². The zero-order valence-electron chi connectivity index (χ0n) is 18.2. The molecule has 13 heteroatoms. The molecule has 0 aliphatic heterocycles. The van der Waals surface area contributed by atoms with Crippen molar-refractivity contribution in [3.63, 3.8) is 0 Å². The Kier molecular flexibility index (Phi) is 4.91. The molecular formula is C23H15F4N9. The molecule has 0 saturated heterocycles. The van der Waals surface area contributed by atoms with Gasteiger partial charge in [0.1, 0.15) is 11.6 Å². The molecule has 0 unspecified atom stereocenters. The lowest BCUT2D eigenvalue weighted by Crippen LogP contribution is -2.08. The summed E-state index contributed by atoms with van der Waals surface area (Å²) in [6, 6.07) is 8.64. The highest BCUT2D eigenvalue weighted by Crippen LogP contribution is 2.31. The zero-order chi connectivity index (χ0) is 24.9. The lowest BCUT2D eigenvalue weighted by atomic mass is 10.0. The molecule has 1 aromatic carbocycles. The summed E-state index contributed by atoms with van der Waals surface area (Å²) in [6.45, 7) is -0.0103. The van der Waals surface area contributed by atoms with Gasteiger partial charge in [-0.1, -0.05) is 12.1 Å². The standard InChI is InChI=1S/C23H15F4N9/c24-17-7-12(16-5-6-28-21-19(16)32-20(33-21)14-9-30-31-10-14)1-2-13(17)8-29-22-35-34-18-4-3-15(11-36(18)22)23(25,26)27/h1-7,9-11H,8H2,(H,29,35)(H,30,31)(H,28,32,33). The normalized spacial score (nSPS) is 12.0. The molecule has 0 radical (unpaired) electrons. The van der Waals surface area contributed by atoms with E-state index in [1.807, 2.05) is 0 Å². The van der Waals surface area contributed by atoms with Gasteiger partial charge in [0.25, 0.3) is 0 Å². The first-order valence-electron chi connectivity index (χ1n) is 10.7. The molecule has 0 bridgehead atoms. The number of halogens is 4. The Hall–Kier alpha value is -4.81. The maximum absolute atomic E-state index is 15.0. The zero-order valence-corrected chi connectivity index (χ0v) is 18.2. The van der Waals surface area contributed by atoms with Crippen LogP contribution in [0.1, 0.15) is 11.1 Å². The number of aromatic amines is 2. The third-order valence-electron chi connectivity index (χ3n) is 5.69. The number of rotatable bonds is 5. The number of nitrogens with zero attached hydrogens (tertiary/aromatic N) is 6. The van der Waals surface area contributed by atoms with Crippen LogP contribution in [0.3, 0.4) is 0 Å². The van der Waals surface area contributed by atoms with E-state index >= 15 is 4.39 Å². The van der Waals surface area contributed by atoms with Crippen molar-refractivity contribution in [2.75, 3.05) is 5.32 Å². The maximum Gasteiger partial charge on any atom is 0.417 e. The Bertz CT molecular complexity index is 1700. The quantitative estimate of drug-likeness (QED) is 0.297. The van der Waals surface area contributed by atoms with Crippen molar-refractivity contribution < 1.29 is 17.6 Å². The van der Waals surface area contributed by atoms with Gasteiger partial charge in [0, 0.05) is 36.3 Å². The molecule has 0 aliphatic carbocycles. The molecule has 3 N–H and O–H groups in total. The van der Waals surface area contributed by atoms with Crippen molar-refractivity contribution in [1.82, 2.24) is 39.7 Å². The van der Waals surface area contributed by atoms with Crippen LogP contribution in [0.15, 0.2) is 61.2 Å². The largest absolute Gasteiger partial charge is 0.417 e. The minimum absolute atomic E-state index is 0.0103. The molecule has 0 amide bonds. The van der Waals surface area contributed by atoms with Gasteiger partial charge in [0.05, 0.1) is 22.8 Å². The van der Waals surface area contributed by atoms with Crippen molar-refractivity contribution in [1.29, 1.82) is 0 Å². The second-order valence-electron chi connectivity index (χ2n) is 7.96. The van der Waals surface area contributed by atoms with Crippen molar-refractivity contribution in [3.05, 3.63) is 78.1 Å². The molecule has 0 fully saturated rings.